The van der Waals surface area contributed by atoms with E-state index in [4.69, 9.17) is 12.2 Å². The second-order valence-electron chi connectivity index (χ2n) is 4.31. The number of benzene rings is 1. The molecule has 0 bridgehead atoms. The van der Waals surface area contributed by atoms with Crippen molar-refractivity contribution in [2.75, 3.05) is 0 Å². The Morgan fingerprint density at radius 1 is 1.47 bits per heavy atom. The van der Waals surface area contributed by atoms with Crippen LogP contribution in [-0.2, 0) is 0 Å². The minimum absolute atomic E-state index is 0.00784. The Hall–Kier alpha value is -1.69. The highest BCUT2D eigenvalue weighted by atomic mass is 32.1. The van der Waals surface area contributed by atoms with Crippen LogP contribution in [-0.4, -0.2) is 22.0 Å². The SMILES string of the molecule is CC/C(=N\NC(=S)NC(C)C)c1cc(F)ccc1O. The van der Waals surface area contributed by atoms with Gasteiger partial charge in [0.05, 0.1) is 5.71 Å². The lowest BCUT2D eigenvalue weighted by molar-refractivity contribution is 0.471. The summed E-state index contributed by atoms with van der Waals surface area (Å²) >= 11 is 5.04. The molecular formula is C13H18FN3OS. The van der Waals surface area contributed by atoms with Gasteiger partial charge in [0.1, 0.15) is 11.6 Å². The molecule has 1 aromatic rings. The van der Waals surface area contributed by atoms with Crippen LogP contribution in [0.15, 0.2) is 23.3 Å². The summed E-state index contributed by atoms with van der Waals surface area (Å²) in [6, 6.07) is 3.95. The van der Waals surface area contributed by atoms with Gasteiger partial charge in [-0.3, -0.25) is 5.43 Å². The lowest BCUT2D eigenvalue weighted by Gasteiger charge is -2.12. The van der Waals surface area contributed by atoms with E-state index in [-0.39, 0.29) is 11.8 Å². The van der Waals surface area contributed by atoms with E-state index in [1.165, 1.54) is 18.2 Å². The van der Waals surface area contributed by atoms with E-state index in [1.54, 1.807) is 0 Å². The standard InChI is InChI=1S/C13H18FN3OS/c1-4-11(16-17-13(19)15-8(2)3)10-7-9(14)5-6-12(10)18/h5-8,18H,4H2,1-3H3,(H2,15,17,19)/b16-11+. The van der Waals surface area contributed by atoms with Crippen molar-refractivity contribution in [2.45, 2.75) is 33.2 Å². The van der Waals surface area contributed by atoms with Crippen molar-refractivity contribution >= 4 is 23.0 Å². The highest BCUT2D eigenvalue weighted by Crippen LogP contribution is 2.19. The van der Waals surface area contributed by atoms with Gasteiger partial charge in [0, 0.05) is 11.6 Å². The highest BCUT2D eigenvalue weighted by molar-refractivity contribution is 7.80. The number of aromatic hydroxyl groups is 1. The van der Waals surface area contributed by atoms with E-state index in [9.17, 15) is 9.50 Å². The first-order chi connectivity index (χ1) is 8.93. The molecule has 0 unspecified atom stereocenters. The number of phenolic OH excluding ortho intramolecular Hbond substituents is 1. The van der Waals surface area contributed by atoms with Gasteiger partial charge in [-0.15, -0.1) is 0 Å². The van der Waals surface area contributed by atoms with Crippen LogP contribution in [0, 0.1) is 5.82 Å². The summed E-state index contributed by atoms with van der Waals surface area (Å²) in [4.78, 5) is 0. The maximum atomic E-state index is 13.2. The third-order valence-electron chi connectivity index (χ3n) is 2.32. The van der Waals surface area contributed by atoms with Gasteiger partial charge in [-0.05, 0) is 50.7 Å². The van der Waals surface area contributed by atoms with Crippen molar-refractivity contribution in [1.29, 1.82) is 0 Å². The predicted octanol–water partition coefficient (Wildman–Crippen LogP) is 2.52. The normalized spacial score (nSPS) is 11.5. The second-order valence-corrected chi connectivity index (χ2v) is 4.72. The van der Waals surface area contributed by atoms with E-state index in [1.807, 2.05) is 20.8 Å². The maximum absolute atomic E-state index is 13.2. The Kier molecular flexibility index (Phi) is 5.69. The number of hydrogen-bond donors (Lipinski definition) is 3. The quantitative estimate of drug-likeness (QED) is 0.451. The van der Waals surface area contributed by atoms with Gasteiger partial charge in [0.2, 0.25) is 0 Å². The monoisotopic (exact) mass is 283 g/mol. The molecule has 0 amide bonds. The molecule has 3 N–H and O–H groups in total. The van der Waals surface area contributed by atoms with Gasteiger partial charge >= 0.3 is 0 Å². The Balaban J connectivity index is 2.88. The van der Waals surface area contributed by atoms with E-state index >= 15 is 0 Å². The zero-order valence-electron chi connectivity index (χ0n) is 11.2. The van der Waals surface area contributed by atoms with Gasteiger partial charge in [0.15, 0.2) is 5.11 Å². The fourth-order valence-corrected chi connectivity index (χ4v) is 1.76. The highest BCUT2D eigenvalue weighted by Gasteiger charge is 2.09. The van der Waals surface area contributed by atoms with Crippen LogP contribution in [0.3, 0.4) is 0 Å². The van der Waals surface area contributed by atoms with Crippen LogP contribution in [0.25, 0.3) is 0 Å². The number of nitrogens with zero attached hydrogens (tertiary/aromatic N) is 1. The first-order valence-corrected chi connectivity index (χ1v) is 6.46. The average molecular weight is 283 g/mol. The van der Waals surface area contributed by atoms with Gasteiger partial charge < -0.3 is 10.4 Å². The third kappa shape index (κ3) is 4.82. The van der Waals surface area contributed by atoms with E-state index < -0.39 is 5.82 Å². The fraction of sp³-hybridized carbons (Fsp3) is 0.385. The predicted molar refractivity (Wildman–Crippen MR) is 78.9 cm³/mol. The van der Waals surface area contributed by atoms with Crippen LogP contribution < -0.4 is 10.7 Å². The van der Waals surface area contributed by atoms with Crippen LogP contribution in [0.4, 0.5) is 4.39 Å². The molecule has 1 aromatic carbocycles. The molecule has 0 spiro atoms. The number of hydrogen-bond acceptors (Lipinski definition) is 3. The number of rotatable bonds is 4. The maximum Gasteiger partial charge on any atom is 0.187 e. The molecule has 4 nitrogen and oxygen atoms in total. The van der Waals surface area contributed by atoms with Gasteiger partial charge in [-0.1, -0.05) is 6.92 Å². The summed E-state index contributed by atoms with van der Waals surface area (Å²) in [5.74, 6) is -0.427. The van der Waals surface area contributed by atoms with Gasteiger partial charge in [-0.2, -0.15) is 5.10 Å². The third-order valence-corrected chi connectivity index (χ3v) is 2.53. The molecule has 0 atom stereocenters. The number of thiocarbonyl (C=S) groups is 1. The van der Waals surface area contributed by atoms with Crippen LogP contribution in [0.2, 0.25) is 0 Å². The average Bonchev–Trinajstić information content (AvgIpc) is 2.33. The molecule has 0 saturated carbocycles. The van der Waals surface area contributed by atoms with Crippen molar-refractivity contribution in [3.8, 4) is 5.75 Å². The van der Waals surface area contributed by atoms with Crippen molar-refractivity contribution in [3.05, 3.63) is 29.6 Å². The first-order valence-electron chi connectivity index (χ1n) is 6.06. The molecule has 0 aromatic heterocycles. The molecule has 0 fully saturated rings. The molecule has 0 heterocycles. The van der Waals surface area contributed by atoms with Gasteiger partial charge in [0.25, 0.3) is 0 Å². The number of halogens is 1. The first kappa shape index (κ1) is 15.4. The number of phenols is 1. The van der Waals surface area contributed by atoms with Crippen molar-refractivity contribution in [2.24, 2.45) is 5.10 Å². The van der Waals surface area contributed by atoms with E-state index in [0.717, 1.165) is 0 Å². The lowest BCUT2D eigenvalue weighted by Crippen LogP contribution is -2.37. The summed E-state index contributed by atoms with van der Waals surface area (Å²) in [6.45, 7) is 5.78. The topological polar surface area (TPSA) is 56.7 Å². The molecule has 0 radical (unpaired) electrons. The second kappa shape index (κ2) is 7.04. The van der Waals surface area contributed by atoms with Gasteiger partial charge in [-0.25, -0.2) is 4.39 Å². The summed E-state index contributed by atoms with van der Waals surface area (Å²) in [5.41, 5.74) is 3.58. The Morgan fingerprint density at radius 2 is 2.16 bits per heavy atom. The lowest BCUT2D eigenvalue weighted by atomic mass is 10.1. The largest absolute Gasteiger partial charge is 0.507 e. The summed E-state index contributed by atoms with van der Waals surface area (Å²) in [7, 11) is 0. The molecule has 0 aliphatic carbocycles. The Labute approximate surface area is 117 Å². The molecule has 104 valence electrons. The molecule has 0 saturated heterocycles. The zero-order valence-corrected chi connectivity index (χ0v) is 12.0. The minimum atomic E-state index is -0.420. The van der Waals surface area contributed by atoms with Crippen LogP contribution >= 0.6 is 12.2 Å². The number of hydrazone groups is 1. The van der Waals surface area contributed by atoms with Crippen molar-refractivity contribution in [3.63, 3.8) is 0 Å². The molecule has 0 aliphatic rings. The van der Waals surface area contributed by atoms with Crippen LogP contribution in [0.1, 0.15) is 32.8 Å². The Bertz CT molecular complexity index is 489. The minimum Gasteiger partial charge on any atom is -0.507 e. The molecule has 0 aliphatic heterocycles. The Morgan fingerprint density at radius 3 is 2.74 bits per heavy atom. The van der Waals surface area contributed by atoms with Crippen LogP contribution in [0.5, 0.6) is 5.75 Å². The van der Waals surface area contributed by atoms with E-state index in [2.05, 4.69) is 15.8 Å². The summed E-state index contributed by atoms with van der Waals surface area (Å²) in [5, 5.41) is 17.2. The molecule has 1 rings (SSSR count). The smallest absolute Gasteiger partial charge is 0.187 e. The van der Waals surface area contributed by atoms with Crippen molar-refractivity contribution < 1.29 is 9.50 Å². The summed E-state index contributed by atoms with van der Waals surface area (Å²) < 4.78 is 13.2. The van der Waals surface area contributed by atoms with Crippen molar-refractivity contribution in [1.82, 2.24) is 10.7 Å². The molecular weight excluding hydrogens is 265 g/mol. The summed E-state index contributed by atoms with van der Waals surface area (Å²) in [6.07, 6.45) is 0.536. The molecule has 19 heavy (non-hydrogen) atoms. The zero-order chi connectivity index (χ0) is 14.4. The fourth-order valence-electron chi connectivity index (χ4n) is 1.48. The molecule has 6 heteroatoms. The number of nitrogens with one attached hydrogen (secondary N) is 2. The van der Waals surface area contributed by atoms with E-state index in [0.29, 0.717) is 22.8 Å².